The van der Waals surface area contributed by atoms with E-state index in [9.17, 15) is 20.4 Å². The van der Waals surface area contributed by atoms with E-state index < -0.39 is 31.0 Å². The van der Waals surface area contributed by atoms with E-state index in [2.05, 4.69) is 23.6 Å². The third-order valence-corrected chi connectivity index (χ3v) is 5.53. The molecule has 4 atom stereocenters. The summed E-state index contributed by atoms with van der Waals surface area (Å²) in [5.41, 5.74) is 0.408. The Labute approximate surface area is 130 Å². The molecule has 5 N–H and O–H groups in total. The summed E-state index contributed by atoms with van der Waals surface area (Å²) in [6.45, 7) is 7.33. The monoisotopic (exact) mass is 316 g/mol. The summed E-state index contributed by atoms with van der Waals surface area (Å²) >= 11 is 0. The lowest BCUT2D eigenvalue weighted by molar-refractivity contribution is -0.237. The molecule has 4 heterocycles. The second-order valence-electron chi connectivity index (χ2n) is 8.24. The Bertz CT molecular complexity index is 398. The third-order valence-electron chi connectivity index (χ3n) is 5.53. The normalized spacial score (nSPS) is 49.0. The molecule has 0 amide bonds. The van der Waals surface area contributed by atoms with Gasteiger partial charge in [-0.3, -0.25) is 9.80 Å². The van der Waals surface area contributed by atoms with Crippen LogP contribution < -0.4 is 0 Å². The summed E-state index contributed by atoms with van der Waals surface area (Å²) in [7, 11) is 0. The van der Waals surface area contributed by atoms with Crippen LogP contribution >= 0.6 is 0 Å². The second-order valence-corrected chi connectivity index (χ2v) is 8.24. The number of rotatable bonds is 5. The van der Waals surface area contributed by atoms with E-state index in [4.69, 9.17) is 5.11 Å². The molecule has 4 fully saturated rings. The molecule has 7 heteroatoms. The average molecular weight is 316 g/mol. The Morgan fingerprint density at radius 3 is 1.77 bits per heavy atom. The standard InChI is InChI=1S/C15H28N2O5/c1-14-4-15(2)7-16(5-14)13(17(6-14)8-15)12(22)11(21)10(20)9(19)3-18/h9-13,18-22H,3-8H2,1-2H3. The molecule has 0 spiro atoms. The Morgan fingerprint density at radius 1 is 0.909 bits per heavy atom. The maximum Gasteiger partial charge on any atom is 0.111 e. The lowest BCUT2D eigenvalue weighted by Gasteiger charge is -2.67. The minimum Gasteiger partial charge on any atom is -0.394 e. The van der Waals surface area contributed by atoms with Gasteiger partial charge in [-0.05, 0) is 17.3 Å². The number of piperidine rings is 2. The predicted octanol–water partition coefficient (Wildman–Crippen LogP) is -2.20. The Morgan fingerprint density at radius 2 is 1.36 bits per heavy atom. The van der Waals surface area contributed by atoms with Crippen LogP contribution in [0.25, 0.3) is 0 Å². The number of nitrogens with zero attached hydrogens (tertiary/aromatic N) is 2. The minimum atomic E-state index is -1.56. The Kier molecular flexibility index (Phi) is 4.05. The largest absolute Gasteiger partial charge is 0.394 e. The van der Waals surface area contributed by atoms with Crippen molar-refractivity contribution in [3.63, 3.8) is 0 Å². The van der Waals surface area contributed by atoms with Crippen molar-refractivity contribution in [2.45, 2.75) is 50.8 Å². The topological polar surface area (TPSA) is 108 Å². The summed E-state index contributed by atoms with van der Waals surface area (Å²) in [6.07, 6.45) is -4.89. The van der Waals surface area contributed by atoms with Gasteiger partial charge in [-0.25, -0.2) is 0 Å². The van der Waals surface area contributed by atoms with Crippen LogP contribution in [0, 0.1) is 10.8 Å². The summed E-state index contributed by atoms with van der Waals surface area (Å²) < 4.78 is 0. The number of hydrogen-bond acceptors (Lipinski definition) is 7. The lowest BCUT2D eigenvalue weighted by atomic mass is 9.63. The maximum absolute atomic E-state index is 10.5. The highest BCUT2D eigenvalue weighted by Gasteiger charge is 2.58. The molecule has 128 valence electrons. The molecule has 4 bridgehead atoms. The summed E-state index contributed by atoms with van der Waals surface area (Å²) in [6, 6.07) is 0. The smallest absolute Gasteiger partial charge is 0.111 e. The number of aliphatic hydroxyl groups is 5. The van der Waals surface area contributed by atoms with Crippen LogP contribution in [0.5, 0.6) is 0 Å². The molecule has 0 aromatic carbocycles. The van der Waals surface area contributed by atoms with Crippen molar-refractivity contribution in [3.05, 3.63) is 0 Å². The van der Waals surface area contributed by atoms with Crippen LogP contribution in [0.4, 0.5) is 0 Å². The van der Waals surface area contributed by atoms with Gasteiger partial charge < -0.3 is 25.5 Å². The average Bonchev–Trinajstić information content (AvgIpc) is 2.41. The maximum atomic E-state index is 10.5. The van der Waals surface area contributed by atoms with Crippen LogP contribution in [0.15, 0.2) is 0 Å². The van der Waals surface area contributed by atoms with Crippen LogP contribution in [0.2, 0.25) is 0 Å². The molecule has 4 saturated heterocycles. The molecular weight excluding hydrogens is 288 g/mol. The van der Waals surface area contributed by atoms with Gasteiger partial charge in [-0.15, -0.1) is 0 Å². The van der Waals surface area contributed by atoms with Crippen molar-refractivity contribution >= 4 is 0 Å². The van der Waals surface area contributed by atoms with Crippen molar-refractivity contribution in [2.75, 3.05) is 32.8 Å². The van der Waals surface area contributed by atoms with Gasteiger partial charge in [0.05, 0.1) is 12.8 Å². The molecule has 0 saturated carbocycles. The molecule has 0 radical (unpaired) electrons. The number of hydrogen-bond donors (Lipinski definition) is 5. The van der Waals surface area contributed by atoms with Gasteiger partial charge in [0.15, 0.2) is 0 Å². The SMILES string of the molecule is CC12CN3CC(C)(CN(C1)C3C(O)C(O)C(O)C(O)CO)C2. The van der Waals surface area contributed by atoms with Crippen LogP contribution in [-0.2, 0) is 0 Å². The molecule has 4 unspecified atom stereocenters. The first-order chi connectivity index (χ1) is 10.2. The van der Waals surface area contributed by atoms with Gasteiger partial charge in [0.1, 0.15) is 24.4 Å². The first-order valence-corrected chi connectivity index (χ1v) is 7.99. The van der Waals surface area contributed by atoms with Crippen LogP contribution in [0.1, 0.15) is 20.3 Å². The van der Waals surface area contributed by atoms with Crippen molar-refractivity contribution in [1.82, 2.24) is 9.80 Å². The minimum absolute atomic E-state index is 0.204. The molecule has 4 rings (SSSR count). The van der Waals surface area contributed by atoms with Gasteiger partial charge in [-0.1, -0.05) is 13.8 Å². The fraction of sp³-hybridized carbons (Fsp3) is 1.00. The zero-order valence-corrected chi connectivity index (χ0v) is 13.3. The molecular formula is C15H28N2O5. The zero-order valence-electron chi connectivity index (χ0n) is 13.3. The lowest BCUT2D eigenvalue weighted by Crippen LogP contribution is -2.77. The first kappa shape index (κ1) is 16.6. The predicted molar refractivity (Wildman–Crippen MR) is 78.9 cm³/mol. The third kappa shape index (κ3) is 2.58. The zero-order chi connectivity index (χ0) is 16.3. The van der Waals surface area contributed by atoms with Crippen LogP contribution in [-0.4, -0.2) is 98.7 Å². The molecule has 0 aromatic heterocycles. The van der Waals surface area contributed by atoms with Crippen molar-refractivity contribution in [1.29, 1.82) is 0 Å². The highest BCUT2D eigenvalue weighted by molar-refractivity contribution is 5.09. The van der Waals surface area contributed by atoms with Crippen molar-refractivity contribution < 1.29 is 25.5 Å². The van der Waals surface area contributed by atoms with E-state index in [1.165, 1.54) is 6.42 Å². The molecule has 0 aromatic rings. The van der Waals surface area contributed by atoms with E-state index >= 15 is 0 Å². The molecule has 4 aliphatic rings. The highest BCUT2D eigenvalue weighted by atomic mass is 16.4. The van der Waals surface area contributed by atoms with E-state index in [0.717, 1.165) is 26.2 Å². The van der Waals surface area contributed by atoms with E-state index in [1.807, 2.05) is 0 Å². The van der Waals surface area contributed by atoms with E-state index in [0.29, 0.717) is 0 Å². The van der Waals surface area contributed by atoms with Gasteiger partial charge in [-0.2, -0.15) is 0 Å². The Balaban J connectivity index is 1.76. The quantitative estimate of drug-likeness (QED) is 0.392. The fourth-order valence-corrected chi connectivity index (χ4v) is 5.18. The molecule has 4 aliphatic heterocycles. The van der Waals surface area contributed by atoms with Gasteiger partial charge in [0.25, 0.3) is 0 Å². The Hall–Kier alpha value is -0.280. The summed E-state index contributed by atoms with van der Waals surface area (Å²) in [4.78, 5) is 4.37. The van der Waals surface area contributed by atoms with E-state index in [-0.39, 0.29) is 17.0 Å². The van der Waals surface area contributed by atoms with Gasteiger partial charge in [0.2, 0.25) is 0 Å². The molecule has 7 nitrogen and oxygen atoms in total. The second kappa shape index (κ2) is 5.37. The van der Waals surface area contributed by atoms with E-state index in [1.54, 1.807) is 0 Å². The summed E-state index contributed by atoms with van der Waals surface area (Å²) in [5, 5.41) is 49.0. The number of aliphatic hydroxyl groups excluding tert-OH is 5. The first-order valence-electron chi connectivity index (χ1n) is 7.99. The van der Waals surface area contributed by atoms with Gasteiger partial charge in [0, 0.05) is 26.2 Å². The van der Waals surface area contributed by atoms with Crippen molar-refractivity contribution in [3.8, 4) is 0 Å². The molecule has 22 heavy (non-hydrogen) atoms. The molecule has 0 aliphatic carbocycles. The summed E-state index contributed by atoms with van der Waals surface area (Å²) in [5.74, 6) is 0. The van der Waals surface area contributed by atoms with Crippen molar-refractivity contribution in [2.24, 2.45) is 10.8 Å². The van der Waals surface area contributed by atoms with Crippen LogP contribution in [0.3, 0.4) is 0 Å². The highest BCUT2D eigenvalue weighted by Crippen LogP contribution is 2.51. The van der Waals surface area contributed by atoms with Gasteiger partial charge >= 0.3 is 0 Å². The fourth-order valence-electron chi connectivity index (χ4n) is 5.18.